The molecule has 4 nitrogen and oxygen atoms in total. The lowest BCUT2D eigenvalue weighted by Crippen LogP contribution is -2.13. The maximum Gasteiger partial charge on any atom is 0.307 e. The van der Waals surface area contributed by atoms with Gasteiger partial charge in [0, 0.05) is 5.56 Å². The predicted octanol–water partition coefficient (Wildman–Crippen LogP) is 1.40. The normalized spacial score (nSPS) is 18.8. The van der Waals surface area contributed by atoms with Crippen LogP contribution in [0.5, 0.6) is 0 Å². The summed E-state index contributed by atoms with van der Waals surface area (Å²) in [6.45, 7) is 0.444. The van der Waals surface area contributed by atoms with E-state index in [2.05, 4.69) is 9.73 Å². The van der Waals surface area contributed by atoms with E-state index in [4.69, 9.17) is 4.74 Å². The Morgan fingerprint density at radius 3 is 2.94 bits per heavy atom. The molecule has 2 rings (SSSR count). The number of carbonyl (C=O) groups excluding carboxylic acids is 1. The first kappa shape index (κ1) is 10.7. The Bertz CT molecular complexity index is 400. The second kappa shape index (κ2) is 4.79. The molecule has 1 aliphatic heterocycles. The van der Waals surface area contributed by atoms with E-state index in [1.54, 1.807) is 0 Å². The average molecular weight is 219 g/mol. The monoisotopic (exact) mass is 219 g/mol. The molecule has 0 radical (unpaired) electrons. The molecule has 1 heterocycles. The number of rotatable bonds is 3. The largest absolute Gasteiger partial charge is 0.475 e. The minimum Gasteiger partial charge on any atom is -0.475 e. The summed E-state index contributed by atoms with van der Waals surface area (Å²) < 4.78 is 10.0. The van der Waals surface area contributed by atoms with Gasteiger partial charge >= 0.3 is 5.97 Å². The highest BCUT2D eigenvalue weighted by Gasteiger charge is 2.22. The third kappa shape index (κ3) is 2.39. The molecule has 1 aromatic carbocycles. The molecule has 0 amide bonds. The Morgan fingerprint density at radius 2 is 2.25 bits per heavy atom. The third-order valence-corrected chi connectivity index (χ3v) is 2.36. The zero-order chi connectivity index (χ0) is 11.4. The van der Waals surface area contributed by atoms with Crippen LogP contribution < -0.4 is 0 Å². The Labute approximate surface area is 93.9 Å². The first-order valence-corrected chi connectivity index (χ1v) is 5.12. The van der Waals surface area contributed by atoms with Gasteiger partial charge in [0.05, 0.1) is 19.6 Å². The summed E-state index contributed by atoms with van der Waals surface area (Å²) in [6.07, 6.45) is 0.271. The molecule has 0 aromatic heterocycles. The summed E-state index contributed by atoms with van der Waals surface area (Å²) in [5, 5.41) is 0. The predicted molar refractivity (Wildman–Crippen MR) is 59.4 cm³/mol. The van der Waals surface area contributed by atoms with Crippen molar-refractivity contribution in [3.63, 3.8) is 0 Å². The molecule has 4 heteroatoms. The van der Waals surface area contributed by atoms with E-state index in [1.165, 1.54) is 7.11 Å². The van der Waals surface area contributed by atoms with Gasteiger partial charge in [0.1, 0.15) is 6.61 Å². The van der Waals surface area contributed by atoms with Crippen LogP contribution in [0.25, 0.3) is 0 Å². The van der Waals surface area contributed by atoms with E-state index < -0.39 is 0 Å². The molecule has 0 saturated heterocycles. The van der Waals surface area contributed by atoms with Crippen LogP contribution in [-0.4, -0.2) is 31.6 Å². The number of nitrogens with zero attached hydrogens (tertiary/aromatic N) is 1. The Morgan fingerprint density at radius 1 is 1.50 bits per heavy atom. The third-order valence-electron chi connectivity index (χ3n) is 2.36. The van der Waals surface area contributed by atoms with E-state index in [0.29, 0.717) is 12.5 Å². The van der Waals surface area contributed by atoms with Crippen LogP contribution in [0.1, 0.15) is 12.0 Å². The van der Waals surface area contributed by atoms with Crippen molar-refractivity contribution in [2.45, 2.75) is 12.5 Å². The highest BCUT2D eigenvalue weighted by molar-refractivity contribution is 5.95. The Balaban J connectivity index is 2.04. The van der Waals surface area contributed by atoms with Crippen molar-refractivity contribution in [2.75, 3.05) is 13.7 Å². The Kier molecular flexibility index (Phi) is 3.19. The van der Waals surface area contributed by atoms with Gasteiger partial charge in [-0.2, -0.15) is 0 Å². The van der Waals surface area contributed by atoms with Crippen LogP contribution >= 0.6 is 0 Å². The lowest BCUT2D eigenvalue weighted by molar-refractivity contribution is -0.141. The van der Waals surface area contributed by atoms with E-state index in [0.717, 1.165) is 5.56 Å². The number of carbonyl (C=O) groups is 1. The average Bonchev–Trinajstić information content (AvgIpc) is 2.78. The maximum absolute atomic E-state index is 11.1. The number of methoxy groups -OCH3 is 1. The summed E-state index contributed by atoms with van der Waals surface area (Å²) in [7, 11) is 1.37. The number of ether oxygens (including phenoxy) is 2. The van der Waals surface area contributed by atoms with E-state index in [9.17, 15) is 4.79 Å². The zero-order valence-corrected chi connectivity index (χ0v) is 9.05. The van der Waals surface area contributed by atoms with Crippen molar-refractivity contribution >= 4 is 11.9 Å². The smallest absolute Gasteiger partial charge is 0.307 e. The first-order chi connectivity index (χ1) is 7.79. The van der Waals surface area contributed by atoms with Crippen molar-refractivity contribution in [3.8, 4) is 0 Å². The quantitative estimate of drug-likeness (QED) is 0.722. The highest BCUT2D eigenvalue weighted by Crippen LogP contribution is 2.14. The number of hydrogen-bond donors (Lipinski definition) is 0. The van der Waals surface area contributed by atoms with Crippen molar-refractivity contribution in [1.29, 1.82) is 0 Å². The van der Waals surface area contributed by atoms with E-state index in [1.807, 2.05) is 30.3 Å². The van der Waals surface area contributed by atoms with Crippen molar-refractivity contribution < 1.29 is 14.3 Å². The summed E-state index contributed by atoms with van der Waals surface area (Å²) in [5.41, 5.74) is 0.940. The number of hydrogen-bond acceptors (Lipinski definition) is 4. The standard InChI is InChI=1S/C12H13NO3/c1-15-11(14)7-10-8-16-12(13-10)9-5-3-2-4-6-9/h2-6,10H,7-8H2,1H3/t10-/m0/s1. The molecule has 0 bridgehead atoms. The van der Waals surface area contributed by atoms with Gasteiger partial charge in [-0.15, -0.1) is 0 Å². The molecule has 1 aliphatic rings. The second-order valence-corrected chi connectivity index (χ2v) is 3.55. The van der Waals surface area contributed by atoms with Crippen molar-refractivity contribution in [1.82, 2.24) is 0 Å². The van der Waals surface area contributed by atoms with Gasteiger partial charge in [0.15, 0.2) is 0 Å². The van der Waals surface area contributed by atoms with E-state index >= 15 is 0 Å². The zero-order valence-electron chi connectivity index (χ0n) is 9.05. The van der Waals surface area contributed by atoms with Gasteiger partial charge < -0.3 is 9.47 Å². The number of aliphatic imine (C=N–C) groups is 1. The lowest BCUT2D eigenvalue weighted by atomic mass is 10.2. The number of benzene rings is 1. The van der Waals surface area contributed by atoms with Crippen molar-refractivity contribution in [3.05, 3.63) is 35.9 Å². The highest BCUT2D eigenvalue weighted by atomic mass is 16.5. The molecule has 1 aromatic rings. The van der Waals surface area contributed by atoms with Crippen molar-refractivity contribution in [2.24, 2.45) is 4.99 Å². The fourth-order valence-electron chi connectivity index (χ4n) is 1.53. The van der Waals surface area contributed by atoms with Gasteiger partial charge in [0.2, 0.25) is 5.90 Å². The summed E-state index contributed by atoms with van der Waals surface area (Å²) >= 11 is 0. The van der Waals surface area contributed by atoms with Crippen LogP contribution in [0.4, 0.5) is 0 Å². The summed E-state index contributed by atoms with van der Waals surface area (Å²) in [5.74, 6) is 0.348. The van der Waals surface area contributed by atoms with Crippen LogP contribution in [0.2, 0.25) is 0 Å². The van der Waals surface area contributed by atoms with Crippen LogP contribution in [0.15, 0.2) is 35.3 Å². The summed E-state index contributed by atoms with van der Waals surface area (Å²) in [4.78, 5) is 15.4. The molecule has 1 atom stereocenters. The Hall–Kier alpha value is -1.84. The maximum atomic E-state index is 11.1. The molecule has 0 fully saturated rings. The van der Waals surface area contributed by atoms with Gasteiger partial charge in [-0.3, -0.25) is 4.79 Å². The molecule has 0 aliphatic carbocycles. The number of esters is 1. The van der Waals surface area contributed by atoms with Crippen LogP contribution in [0.3, 0.4) is 0 Å². The fraction of sp³-hybridized carbons (Fsp3) is 0.333. The molecule has 0 N–H and O–H groups in total. The minimum absolute atomic E-state index is 0.123. The first-order valence-electron chi connectivity index (χ1n) is 5.12. The fourth-order valence-corrected chi connectivity index (χ4v) is 1.53. The van der Waals surface area contributed by atoms with Crippen LogP contribution in [0, 0.1) is 0 Å². The summed E-state index contributed by atoms with van der Waals surface area (Å²) in [6, 6.07) is 9.52. The molecular formula is C12H13NO3. The molecule has 0 saturated carbocycles. The SMILES string of the molecule is COC(=O)C[C@H]1COC(c2ccccc2)=N1. The topological polar surface area (TPSA) is 47.9 Å². The molecule has 84 valence electrons. The van der Waals surface area contributed by atoms with Gasteiger partial charge in [-0.1, -0.05) is 18.2 Å². The van der Waals surface area contributed by atoms with Gasteiger partial charge in [-0.25, -0.2) is 4.99 Å². The minimum atomic E-state index is -0.258. The van der Waals surface area contributed by atoms with E-state index in [-0.39, 0.29) is 18.4 Å². The molecule has 16 heavy (non-hydrogen) atoms. The van der Waals surface area contributed by atoms with Gasteiger partial charge in [0.25, 0.3) is 0 Å². The van der Waals surface area contributed by atoms with Crippen LogP contribution in [-0.2, 0) is 14.3 Å². The molecular weight excluding hydrogens is 206 g/mol. The van der Waals surface area contributed by atoms with Gasteiger partial charge in [-0.05, 0) is 12.1 Å². The lowest BCUT2D eigenvalue weighted by Gasteiger charge is -2.01. The molecule has 0 unspecified atom stereocenters. The molecule has 0 spiro atoms. The second-order valence-electron chi connectivity index (χ2n) is 3.55.